The molecule has 0 aromatic heterocycles. The van der Waals surface area contributed by atoms with Gasteiger partial charge in [0, 0.05) is 13.0 Å². The summed E-state index contributed by atoms with van der Waals surface area (Å²) < 4.78 is 34.9. The zero-order valence-corrected chi connectivity index (χ0v) is 34.3. The number of carbonyl (C=O) groups excluding carboxylic acids is 1. The molecule has 0 aromatic rings. The number of quaternary nitrogens is 1. The molecule has 2 unspecified atom stereocenters. The Balaban J connectivity index is 4.25. The van der Waals surface area contributed by atoms with E-state index >= 15 is 0 Å². The quantitative estimate of drug-likeness (QED) is 0.0222. The van der Waals surface area contributed by atoms with E-state index in [0.717, 1.165) is 44.9 Å². The Hall–Kier alpha value is -1.02. The van der Waals surface area contributed by atoms with Crippen LogP contribution in [-0.2, 0) is 27.9 Å². The molecule has 0 spiro atoms. The highest BCUT2D eigenvalue weighted by molar-refractivity contribution is 7.47. The van der Waals surface area contributed by atoms with Gasteiger partial charge in [0.05, 0.1) is 34.4 Å². The smallest absolute Gasteiger partial charge is 0.457 e. The van der Waals surface area contributed by atoms with Gasteiger partial charge in [-0.05, 0) is 44.9 Å². The van der Waals surface area contributed by atoms with E-state index in [9.17, 15) is 14.3 Å². The summed E-state index contributed by atoms with van der Waals surface area (Å²) in [6, 6.07) is 0. The SMILES string of the molecule is CCCCC/C=C\C/C=C\CCCCCCCCCC(=O)OC(COCCCCCCCCCCCCC)COP(=O)(O)OCC[N+](C)(C)C. The summed E-state index contributed by atoms with van der Waals surface area (Å²) >= 11 is 0. The maximum absolute atomic E-state index is 12.6. The van der Waals surface area contributed by atoms with Crippen molar-refractivity contribution in [3.8, 4) is 0 Å². The fraction of sp³-hybridized carbons (Fsp3) is 0.878. The second kappa shape index (κ2) is 35.0. The van der Waals surface area contributed by atoms with Crippen molar-refractivity contribution in [3.05, 3.63) is 24.3 Å². The lowest BCUT2D eigenvalue weighted by Gasteiger charge is -2.24. The van der Waals surface area contributed by atoms with Gasteiger partial charge in [-0.1, -0.05) is 147 Å². The Morgan fingerprint density at radius 1 is 0.620 bits per heavy atom. The standard InChI is InChI=1S/C41H80NO7P/c1-6-8-10-12-14-16-18-19-20-21-22-23-24-26-28-30-32-34-41(43)49-40(39-48-50(44,45)47-37-35-42(3,4)5)38-46-36-33-31-29-27-25-17-15-13-11-9-7-2/h14,16,19-20,40H,6-13,15,17-18,21-39H2,1-5H3/p+1/b16-14-,20-19-. The topological polar surface area (TPSA) is 91.3 Å². The summed E-state index contributed by atoms with van der Waals surface area (Å²) in [5.74, 6) is -0.321. The maximum Gasteiger partial charge on any atom is 0.472 e. The van der Waals surface area contributed by atoms with Crippen LogP contribution in [0.2, 0.25) is 0 Å². The van der Waals surface area contributed by atoms with Crippen molar-refractivity contribution in [1.82, 2.24) is 0 Å². The van der Waals surface area contributed by atoms with Crippen molar-refractivity contribution >= 4 is 13.8 Å². The van der Waals surface area contributed by atoms with Crippen LogP contribution in [0.3, 0.4) is 0 Å². The van der Waals surface area contributed by atoms with Crippen molar-refractivity contribution in [3.63, 3.8) is 0 Å². The van der Waals surface area contributed by atoms with Gasteiger partial charge in [-0.25, -0.2) is 4.57 Å². The Bertz CT molecular complexity index is 858. The third-order valence-electron chi connectivity index (χ3n) is 8.77. The van der Waals surface area contributed by atoms with E-state index in [2.05, 4.69) is 38.2 Å². The van der Waals surface area contributed by atoms with Crippen LogP contribution < -0.4 is 0 Å². The minimum atomic E-state index is -4.27. The molecule has 296 valence electrons. The highest BCUT2D eigenvalue weighted by Gasteiger charge is 2.26. The predicted molar refractivity (Wildman–Crippen MR) is 210 cm³/mol. The van der Waals surface area contributed by atoms with E-state index in [1.807, 2.05) is 21.1 Å². The molecule has 2 atom stereocenters. The first-order chi connectivity index (χ1) is 24.1. The number of phosphoric acid groups is 1. The van der Waals surface area contributed by atoms with Crippen LogP contribution in [0, 0.1) is 0 Å². The van der Waals surface area contributed by atoms with E-state index in [1.165, 1.54) is 109 Å². The van der Waals surface area contributed by atoms with E-state index in [4.69, 9.17) is 18.5 Å². The van der Waals surface area contributed by atoms with E-state index < -0.39 is 13.9 Å². The van der Waals surface area contributed by atoms with Crippen LogP contribution in [0.5, 0.6) is 0 Å². The van der Waals surface area contributed by atoms with Gasteiger partial charge in [-0.15, -0.1) is 0 Å². The summed E-state index contributed by atoms with van der Waals surface area (Å²) in [6.45, 7) is 5.59. The molecule has 0 rings (SSSR count). The summed E-state index contributed by atoms with van der Waals surface area (Å²) in [4.78, 5) is 22.8. The molecule has 8 nitrogen and oxygen atoms in total. The average Bonchev–Trinajstić information content (AvgIpc) is 3.06. The zero-order valence-electron chi connectivity index (χ0n) is 33.4. The number of allylic oxidation sites excluding steroid dienone is 4. The summed E-state index contributed by atoms with van der Waals surface area (Å²) in [5, 5.41) is 0. The number of likely N-dealkylation sites (N-methyl/N-ethyl adjacent to an activating group) is 1. The third kappa shape index (κ3) is 38.2. The van der Waals surface area contributed by atoms with Gasteiger partial charge in [-0.3, -0.25) is 13.8 Å². The highest BCUT2D eigenvalue weighted by Crippen LogP contribution is 2.43. The van der Waals surface area contributed by atoms with Crippen molar-refractivity contribution in [1.29, 1.82) is 0 Å². The first-order valence-corrected chi connectivity index (χ1v) is 22.1. The molecule has 0 bridgehead atoms. The van der Waals surface area contributed by atoms with Crippen LogP contribution in [0.4, 0.5) is 0 Å². The molecule has 1 N–H and O–H groups in total. The van der Waals surface area contributed by atoms with Gasteiger partial charge in [0.15, 0.2) is 0 Å². The van der Waals surface area contributed by atoms with Gasteiger partial charge in [-0.2, -0.15) is 0 Å². The Kier molecular flexibility index (Phi) is 34.3. The maximum atomic E-state index is 12.6. The fourth-order valence-electron chi connectivity index (χ4n) is 5.52. The molecule has 0 saturated heterocycles. The number of hydrogen-bond acceptors (Lipinski definition) is 6. The average molecular weight is 731 g/mol. The fourth-order valence-corrected chi connectivity index (χ4v) is 6.26. The predicted octanol–water partition coefficient (Wildman–Crippen LogP) is 11.7. The Morgan fingerprint density at radius 2 is 1.10 bits per heavy atom. The Morgan fingerprint density at radius 3 is 1.66 bits per heavy atom. The molecule has 0 heterocycles. The molecule has 0 fully saturated rings. The van der Waals surface area contributed by atoms with Gasteiger partial charge >= 0.3 is 13.8 Å². The number of hydrogen-bond donors (Lipinski definition) is 1. The molecule has 0 amide bonds. The van der Waals surface area contributed by atoms with Gasteiger partial charge in [0.1, 0.15) is 19.3 Å². The summed E-state index contributed by atoms with van der Waals surface area (Å²) in [7, 11) is 1.67. The molecule has 50 heavy (non-hydrogen) atoms. The highest BCUT2D eigenvalue weighted by atomic mass is 31.2. The number of rotatable bonds is 38. The normalized spacial score (nSPS) is 14.1. The lowest BCUT2D eigenvalue weighted by Crippen LogP contribution is -2.37. The van der Waals surface area contributed by atoms with Gasteiger partial charge in [0.25, 0.3) is 0 Å². The van der Waals surface area contributed by atoms with Crippen molar-refractivity contribution in [2.24, 2.45) is 0 Å². The van der Waals surface area contributed by atoms with Crippen molar-refractivity contribution < 1.29 is 37.3 Å². The van der Waals surface area contributed by atoms with Crippen LogP contribution in [0.15, 0.2) is 24.3 Å². The van der Waals surface area contributed by atoms with E-state index in [1.54, 1.807) is 0 Å². The number of unbranched alkanes of at least 4 members (excludes halogenated alkanes) is 20. The minimum Gasteiger partial charge on any atom is -0.457 e. The lowest BCUT2D eigenvalue weighted by molar-refractivity contribution is -0.870. The first kappa shape index (κ1) is 49.0. The largest absolute Gasteiger partial charge is 0.472 e. The number of carbonyl (C=O) groups is 1. The number of nitrogens with zero attached hydrogens (tertiary/aromatic N) is 1. The first-order valence-electron chi connectivity index (χ1n) is 20.6. The van der Waals surface area contributed by atoms with Crippen molar-refractivity contribution in [2.75, 3.05) is 54.1 Å². The van der Waals surface area contributed by atoms with E-state index in [0.29, 0.717) is 24.1 Å². The molecule has 0 aliphatic rings. The van der Waals surface area contributed by atoms with Crippen LogP contribution >= 0.6 is 7.82 Å². The lowest BCUT2D eigenvalue weighted by atomic mass is 10.1. The second-order valence-electron chi connectivity index (χ2n) is 15.0. The monoisotopic (exact) mass is 731 g/mol. The summed E-state index contributed by atoms with van der Waals surface area (Å²) in [5.41, 5.74) is 0. The molecular formula is C41H81NO7P+. The minimum absolute atomic E-state index is 0.0886. The van der Waals surface area contributed by atoms with Crippen LogP contribution in [-0.4, -0.2) is 75.6 Å². The molecule has 0 aliphatic carbocycles. The summed E-state index contributed by atoms with van der Waals surface area (Å²) in [6.07, 6.45) is 37.7. The Labute approximate surface area is 309 Å². The second-order valence-corrected chi connectivity index (χ2v) is 16.5. The van der Waals surface area contributed by atoms with E-state index in [-0.39, 0.29) is 25.8 Å². The number of ether oxygens (including phenoxy) is 2. The zero-order chi connectivity index (χ0) is 37.0. The molecule has 0 aromatic carbocycles. The van der Waals surface area contributed by atoms with Crippen LogP contribution in [0.1, 0.15) is 174 Å². The molecule has 0 saturated carbocycles. The van der Waals surface area contributed by atoms with Gasteiger partial charge in [0.2, 0.25) is 0 Å². The third-order valence-corrected chi connectivity index (χ3v) is 9.75. The molecule has 0 aliphatic heterocycles. The molecule has 0 radical (unpaired) electrons. The number of phosphoric ester groups is 1. The molecule has 9 heteroatoms. The molecular weight excluding hydrogens is 649 g/mol. The van der Waals surface area contributed by atoms with Crippen molar-refractivity contribution in [2.45, 2.75) is 180 Å². The number of esters is 1. The van der Waals surface area contributed by atoms with Crippen LogP contribution in [0.25, 0.3) is 0 Å². The van der Waals surface area contributed by atoms with Gasteiger partial charge < -0.3 is 18.9 Å².